The summed E-state index contributed by atoms with van der Waals surface area (Å²) in [5, 5.41) is 7.35. The van der Waals surface area contributed by atoms with E-state index in [2.05, 4.69) is 205 Å². The minimum absolute atomic E-state index is 0.629. The summed E-state index contributed by atoms with van der Waals surface area (Å²) in [6, 6.07) is 72.9. The van der Waals surface area contributed by atoms with Crippen molar-refractivity contribution in [3.8, 4) is 62.1 Å². The van der Waals surface area contributed by atoms with E-state index in [1.54, 1.807) is 0 Å². The number of para-hydroxylation sites is 2. The second-order valence-electron chi connectivity index (χ2n) is 14.4. The van der Waals surface area contributed by atoms with Gasteiger partial charge in [0, 0.05) is 33.0 Å². The summed E-state index contributed by atoms with van der Waals surface area (Å²) in [4.78, 5) is 15.2. The van der Waals surface area contributed by atoms with Crippen molar-refractivity contribution < 1.29 is 0 Å². The lowest BCUT2D eigenvalue weighted by molar-refractivity contribution is 1.07. The number of rotatable bonds is 6. The van der Waals surface area contributed by atoms with Gasteiger partial charge in [0.2, 0.25) is 0 Å². The van der Waals surface area contributed by atoms with Crippen molar-refractivity contribution in [1.82, 2.24) is 19.5 Å². The van der Waals surface area contributed by atoms with Gasteiger partial charge in [-0.3, -0.25) is 0 Å². The molecule has 0 unspecified atom stereocenters. The molecule has 2 heterocycles. The molecule has 0 atom stereocenters. The normalized spacial score (nSPS) is 11.5. The molecule has 11 aromatic rings. The van der Waals surface area contributed by atoms with E-state index in [0.717, 1.165) is 44.5 Å². The van der Waals surface area contributed by atoms with Crippen LogP contribution in [0.2, 0.25) is 0 Å². The summed E-state index contributed by atoms with van der Waals surface area (Å²) < 4.78 is 2.41. The zero-order valence-corrected chi connectivity index (χ0v) is 30.9. The van der Waals surface area contributed by atoms with E-state index in [1.807, 2.05) is 6.07 Å². The van der Waals surface area contributed by atoms with Gasteiger partial charge in [0.15, 0.2) is 17.5 Å². The van der Waals surface area contributed by atoms with Crippen molar-refractivity contribution >= 4 is 43.4 Å². The lowest BCUT2D eigenvalue weighted by Gasteiger charge is -2.15. The van der Waals surface area contributed by atoms with Gasteiger partial charge in [0.05, 0.1) is 16.7 Å². The smallest absolute Gasteiger partial charge is 0.164 e. The van der Waals surface area contributed by atoms with Crippen LogP contribution in [0.4, 0.5) is 0 Å². The van der Waals surface area contributed by atoms with E-state index in [1.165, 1.54) is 43.5 Å². The zero-order chi connectivity index (χ0) is 37.7. The van der Waals surface area contributed by atoms with E-state index >= 15 is 0 Å². The maximum atomic E-state index is 5.10. The molecule has 0 aliphatic carbocycles. The Morgan fingerprint density at radius 3 is 1.56 bits per heavy atom. The number of aromatic nitrogens is 4. The van der Waals surface area contributed by atoms with Gasteiger partial charge in [-0.05, 0) is 62.5 Å². The standard InChI is InChI=1S/C53H34N4/c1-2-12-35(13-3-1)37-22-27-40(28-23-37)51-54-52(56-53(55-51)43-31-24-36-14-4-5-16-42(36)34-43)41-29-25-39(26-30-41)44-17-8-10-20-47(44)57-48-21-11-9-19-46(48)50-45-18-7-6-15-38(45)32-33-49(50)57/h1-34H. The highest BCUT2D eigenvalue weighted by Crippen LogP contribution is 2.39. The van der Waals surface area contributed by atoms with Crippen molar-refractivity contribution in [1.29, 1.82) is 0 Å². The average Bonchev–Trinajstić information content (AvgIpc) is 3.64. The Morgan fingerprint density at radius 1 is 0.298 bits per heavy atom. The van der Waals surface area contributed by atoms with Crippen LogP contribution in [-0.4, -0.2) is 19.5 Å². The fourth-order valence-electron chi connectivity index (χ4n) is 8.24. The third-order valence-electron chi connectivity index (χ3n) is 11.1. The van der Waals surface area contributed by atoms with Gasteiger partial charge in [-0.15, -0.1) is 0 Å². The van der Waals surface area contributed by atoms with Gasteiger partial charge in [-0.2, -0.15) is 0 Å². The maximum absolute atomic E-state index is 5.10. The third kappa shape index (κ3) is 5.74. The first-order valence-corrected chi connectivity index (χ1v) is 19.3. The highest BCUT2D eigenvalue weighted by atomic mass is 15.0. The van der Waals surface area contributed by atoms with Crippen molar-refractivity contribution in [3.63, 3.8) is 0 Å². The maximum Gasteiger partial charge on any atom is 0.164 e. The van der Waals surface area contributed by atoms with Crippen LogP contribution in [-0.2, 0) is 0 Å². The average molecular weight is 727 g/mol. The summed E-state index contributed by atoms with van der Waals surface area (Å²) in [5.74, 6) is 1.90. The van der Waals surface area contributed by atoms with Crippen LogP contribution in [0, 0.1) is 0 Å². The Labute approximate surface area is 330 Å². The molecule has 2 aromatic heterocycles. The fraction of sp³-hybridized carbons (Fsp3) is 0. The van der Waals surface area contributed by atoms with Gasteiger partial charge in [-0.25, -0.2) is 15.0 Å². The molecule has 0 fully saturated rings. The van der Waals surface area contributed by atoms with Crippen LogP contribution in [0.25, 0.3) is 105 Å². The largest absolute Gasteiger partial charge is 0.309 e. The summed E-state index contributed by atoms with van der Waals surface area (Å²) in [5.41, 5.74) is 10.9. The Morgan fingerprint density at radius 2 is 0.807 bits per heavy atom. The molecular formula is C53H34N4. The molecule has 0 aliphatic heterocycles. The quantitative estimate of drug-likeness (QED) is 0.171. The van der Waals surface area contributed by atoms with Crippen molar-refractivity contribution in [2.45, 2.75) is 0 Å². The molecule has 57 heavy (non-hydrogen) atoms. The van der Waals surface area contributed by atoms with Crippen molar-refractivity contribution in [3.05, 3.63) is 206 Å². The molecule has 0 aliphatic rings. The predicted octanol–water partition coefficient (Wildman–Crippen LogP) is 13.6. The molecule has 0 saturated heterocycles. The van der Waals surface area contributed by atoms with Gasteiger partial charge in [0.25, 0.3) is 0 Å². The van der Waals surface area contributed by atoms with E-state index in [-0.39, 0.29) is 0 Å². The topological polar surface area (TPSA) is 43.6 Å². The summed E-state index contributed by atoms with van der Waals surface area (Å²) >= 11 is 0. The molecule has 4 heteroatoms. The molecule has 266 valence electrons. The Balaban J connectivity index is 1.02. The monoisotopic (exact) mass is 726 g/mol. The summed E-state index contributed by atoms with van der Waals surface area (Å²) in [6.45, 7) is 0. The molecule has 0 saturated carbocycles. The van der Waals surface area contributed by atoms with Gasteiger partial charge in [-0.1, -0.05) is 182 Å². The molecule has 0 bridgehead atoms. The highest BCUT2D eigenvalue weighted by molar-refractivity contribution is 6.21. The molecule has 0 radical (unpaired) electrons. The Kier molecular flexibility index (Phi) is 7.78. The first kappa shape index (κ1) is 32.7. The molecular weight excluding hydrogens is 693 g/mol. The number of hydrogen-bond donors (Lipinski definition) is 0. The third-order valence-corrected chi connectivity index (χ3v) is 11.1. The molecule has 0 amide bonds. The van der Waals surface area contributed by atoms with Crippen molar-refractivity contribution in [2.24, 2.45) is 0 Å². The number of fused-ring (bicyclic) bond motifs is 6. The van der Waals surface area contributed by atoms with Crippen LogP contribution in [0.15, 0.2) is 206 Å². The molecule has 9 aromatic carbocycles. The SMILES string of the molecule is c1ccc(-c2ccc(-c3nc(-c4ccc(-c5ccccc5-n5c6ccccc6c6c7ccccc7ccc65)cc4)nc(-c4ccc5ccccc5c4)n3)cc2)cc1. The van der Waals surface area contributed by atoms with Crippen LogP contribution in [0.3, 0.4) is 0 Å². The second kappa shape index (κ2) is 13.6. The van der Waals surface area contributed by atoms with E-state index in [0.29, 0.717) is 17.5 Å². The highest BCUT2D eigenvalue weighted by Gasteiger charge is 2.18. The van der Waals surface area contributed by atoms with E-state index < -0.39 is 0 Å². The summed E-state index contributed by atoms with van der Waals surface area (Å²) in [6.07, 6.45) is 0. The lowest BCUT2D eigenvalue weighted by Crippen LogP contribution is -2.00. The van der Waals surface area contributed by atoms with Crippen molar-refractivity contribution in [2.75, 3.05) is 0 Å². The first-order valence-electron chi connectivity index (χ1n) is 19.3. The lowest BCUT2D eigenvalue weighted by atomic mass is 10.0. The number of hydrogen-bond acceptors (Lipinski definition) is 3. The van der Waals surface area contributed by atoms with Crippen LogP contribution < -0.4 is 0 Å². The van der Waals surface area contributed by atoms with Crippen LogP contribution in [0.5, 0.6) is 0 Å². The minimum atomic E-state index is 0.629. The molecule has 4 nitrogen and oxygen atoms in total. The predicted molar refractivity (Wildman–Crippen MR) is 236 cm³/mol. The van der Waals surface area contributed by atoms with Crippen LogP contribution >= 0.6 is 0 Å². The molecule has 0 spiro atoms. The summed E-state index contributed by atoms with van der Waals surface area (Å²) in [7, 11) is 0. The molecule has 0 N–H and O–H groups in total. The van der Waals surface area contributed by atoms with Gasteiger partial charge >= 0.3 is 0 Å². The van der Waals surface area contributed by atoms with Gasteiger partial charge < -0.3 is 4.57 Å². The van der Waals surface area contributed by atoms with E-state index in [4.69, 9.17) is 15.0 Å². The van der Waals surface area contributed by atoms with E-state index in [9.17, 15) is 0 Å². The van der Waals surface area contributed by atoms with Crippen LogP contribution in [0.1, 0.15) is 0 Å². The van der Waals surface area contributed by atoms with Gasteiger partial charge in [0.1, 0.15) is 0 Å². The Bertz CT molecular complexity index is 3270. The molecule has 11 rings (SSSR count). The number of benzene rings is 9. The zero-order valence-electron chi connectivity index (χ0n) is 30.9. The second-order valence-corrected chi connectivity index (χ2v) is 14.4. The number of nitrogens with zero attached hydrogens (tertiary/aromatic N) is 4. The fourth-order valence-corrected chi connectivity index (χ4v) is 8.24. The first-order chi connectivity index (χ1) is 28.2. The Hall–Kier alpha value is -7.69. The minimum Gasteiger partial charge on any atom is -0.309 e.